The predicted octanol–water partition coefficient (Wildman–Crippen LogP) is 10.4. The van der Waals surface area contributed by atoms with Gasteiger partial charge in [0.15, 0.2) is 0 Å². The minimum absolute atomic E-state index is 0.404. The standard InChI is InChI=1S/C11H20N2O.2C9H14N2.C9H17NO.C9H19NO.C9H19NS/c1-8(2)12-9(3)13-4-10-6-14-7-11(10)5-13;1-7(2)11-9-4-5-10-8(3)6-9;1-7(2)11-9-5-4-8(3)10-6-9;1-7(2)10-5-8-3-4-9(6-10)11-8;1-7(2)10-5-8(3)11-9(4)6-10;1-8(2)10-6-4-9(11-3)5-7-10/h8,10-12H,3-7H2,1-2H3;4-7H,1-3H3,(H,10,11);4-7,11H,1-3H3;7-9H,3-6H2,1-2H3;7-9H,5-6H2,1-4H3;8-9H,4-7H2,1-3H3/t10-,11+;;;;8-,9+;. The number of ether oxygens (including phenoxy) is 3. The Morgan fingerprint density at radius 3 is 1.59 bits per heavy atom. The van der Waals surface area contributed by atoms with Crippen molar-refractivity contribution in [1.82, 2.24) is 34.9 Å². The van der Waals surface area contributed by atoms with E-state index in [1.807, 2.05) is 62.3 Å². The molecule has 2 aromatic heterocycles. The number of nitrogens with one attached hydrogen (secondary N) is 3. The van der Waals surface area contributed by atoms with Gasteiger partial charge in [0.2, 0.25) is 0 Å². The molecule has 13 heteroatoms. The first-order chi connectivity index (χ1) is 32.6. The van der Waals surface area contributed by atoms with Crippen LogP contribution < -0.4 is 16.0 Å². The molecule has 396 valence electrons. The van der Waals surface area contributed by atoms with Gasteiger partial charge in [-0.15, -0.1) is 0 Å². The lowest BCUT2D eigenvalue weighted by molar-refractivity contribution is -0.0764. The average Bonchev–Trinajstić information content (AvgIpc) is 4.00. The number of aromatic nitrogens is 2. The van der Waals surface area contributed by atoms with Crippen LogP contribution in [-0.4, -0.2) is 167 Å². The number of nitrogens with zero attached hydrogens (tertiary/aromatic N) is 6. The topological polar surface area (TPSA) is 103 Å². The van der Waals surface area contributed by atoms with Gasteiger partial charge < -0.3 is 40.0 Å². The van der Waals surface area contributed by atoms with Crippen LogP contribution in [0, 0.1) is 25.7 Å². The molecule has 6 aliphatic rings. The smallest absolute Gasteiger partial charge is 0.0940 e. The Hall–Kier alpha value is -2.65. The Morgan fingerprint density at radius 1 is 0.623 bits per heavy atom. The highest BCUT2D eigenvalue weighted by Crippen LogP contribution is 2.31. The molecule has 69 heavy (non-hydrogen) atoms. The number of anilines is 2. The summed E-state index contributed by atoms with van der Waals surface area (Å²) < 4.78 is 16.8. The summed E-state index contributed by atoms with van der Waals surface area (Å²) in [5.41, 5.74) is 4.34. The maximum atomic E-state index is 5.74. The summed E-state index contributed by atoms with van der Waals surface area (Å²) in [4.78, 5) is 18.2. The summed E-state index contributed by atoms with van der Waals surface area (Å²) in [6.07, 6.45) is 13.2. The molecule has 2 unspecified atom stereocenters. The highest BCUT2D eigenvalue weighted by molar-refractivity contribution is 7.99. The third-order valence-electron chi connectivity index (χ3n) is 13.3. The Labute approximate surface area is 427 Å². The van der Waals surface area contributed by atoms with Crippen molar-refractivity contribution in [1.29, 1.82) is 0 Å². The summed E-state index contributed by atoms with van der Waals surface area (Å²) in [5.74, 6) is 2.55. The van der Waals surface area contributed by atoms with E-state index in [1.54, 1.807) is 0 Å². The fourth-order valence-electron chi connectivity index (χ4n) is 9.52. The van der Waals surface area contributed by atoms with E-state index in [2.05, 4.69) is 155 Å². The Bertz CT molecular complexity index is 1630. The molecule has 3 N–H and O–H groups in total. The lowest BCUT2D eigenvalue weighted by atomic mass is 10.0. The summed E-state index contributed by atoms with van der Waals surface area (Å²) in [5, 5.41) is 10.9. The van der Waals surface area contributed by atoms with Gasteiger partial charge in [-0.25, -0.2) is 0 Å². The van der Waals surface area contributed by atoms with E-state index < -0.39 is 0 Å². The molecule has 0 saturated carbocycles. The molecule has 12 nitrogen and oxygen atoms in total. The molecule has 0 spiro atoms. The molecule has 0 aromatic carbocycles. The number of likely N-dealkylation sites (tertiary alicyclic amines) is 3. The first kappa shape index (κ1) is 60.7. The number of fused-ring (bicyclic) bond motifs is 3. The molecular weight excluding hydrogens is 879 g/mol. The number of aryl methyl sites for hydroxylation is 2. The van der Waals surface area contributed by atoms with E-state index in [-0.39, 0.29) is 0 Å². The Balaban J connectivity index is 0.000000220. The highest BCUT2D eigenvalue weighted by Gasteiger charge is 2.38. The van der Waals surface area contributed by atoms with Crippen molar-refractivity contribution in [3.05, 3.63) is 60.4 Å². The third kappa shape index (κ3) is 24.1. The van der Waals surface area contributed by atoms with Crippen LogP contribution in [0.25, 0.3) is 0 Å². The van der Waals surface area contributed by atoms with Gasteiger partial charge in [-0.3, -0.25) is 19.8 Å². The zero-order valence-electron chi connectivity index (χ0n) is 46.9. The molecule has 2 aromatic rings. The van der Waals surface area contributed by atoms with Crippen LogP contribution in [0.1, 0.15) is 134 Å². The van der Waals surface area contributed by atoms with E-state index in [0.29, 0.717) is 54.6 Å². The van der Waals surface area contributed by atoms with Gasteiger partial charge in [0.25, 0.3) is 0 Å². The summed E-state index contributed by atoms with van der Waals surface area (Å²) in [7, 11) is 0. The van der Waals surface area contributed by atoms with Crippen LogP contribution in [-0.2, 0) is 14.2 Å². The molecule has 2 bridgehead atoms. The van der Waals surface area contributed by atoms with E-state index in [1.165, 1.54) is 38.8 Å². The first-order valence-electron chi connectivity index (χ1n) is 26.8. The second-order valence-electron chi connectivity index (χ2n) is 22.1. The number of piperidine rings is 1. The number of morpholine rings is 2. The molecule has 6 fully saturated rings. The zero-order chi connectivity index (χ0) is 51.2. The second kappa shape index (κ2) is 31.7. The van der Waals surface area contributed by atoms with Crippen LogP contribution in [0.3, 0.4) is 0 Å². The molecule has 6 saturated heterocycles. The maximum absolute atomic E-state index is 5.74. The van der Waals surface area contributed by atoms with E-state index in [4.69, 9.17) is 14.2 Å². The molecule has 0 radical (unpaired) electrons. The second-order valence-corrected chi connectivity index (χ2v) is 23.2. The van der Waals surface area contributed by atoms with Gasteiger partial charge in [0, 0.05) is 116 Å². The van der Waals surface area contributed by atoms with Crippen LogP contribution >= 0.6 is 11.8 Å². The van der Waals surface area contributed by atoms with Gasteiger partial charge >= 0.3 is 0 Å². The molecule has 0 amide bonds. The fourth-order valence-corrected chi connectivity index (χ4v) is 10.2. The van der Waals surface area contributed by atoms with Crippen LogP contribution in [0.4, 0.5) is 11.4 Å². The van der Waals surface area contributed by atoms with Gasteiger partial charge in [-0.1, -0.05) is 6.58 Å². The number of thioether (sulfide) groups is 1. The van der Waals surface area contributed by atoms with Gasteiger partial charge in [0.1, 0.15) is 0 Å². The minimum Gasteiger partial charge on any atom is -0.383 e. The molecular formula is C56H103N9O3S. The van der Waals surface area contributed by atoms with Gasteiger partial charge in [-0.05, 0) is 180 Å². The Morgan fingerprint density at radius 2 is 1.14 bits per heavy atom. The van der Waals surface area contributed by atoms with Crippen molar-refractivity contribution in [2.24, 2.45) is 11.8 Å². The van der Waals surface area contributed by atoms with Crippen molar-refractivity contribution in [3.63, 3.8) is 0 Å². The molecule has 6 aliphatic heterocycles. The van der Waals surface area contributed by atoms with Crippen molar-refractivity contribution in [2.45, 2.75) is 202 Å². The lowest BCUT2D eigenvalue weighted by Gasteiger charge is -2.37. The van der Waals surface area contributed by atoms with Crippen molar-refractivity contribution in [2.75, 3.05) is 82.5 Å². The highest BCUT2D eigenvalue weighted by atomic mass is 32.2. The summed E-state index contributed by atoms with van der Waals surface area (Å²) in [6, 6.07) is 11.6. The molecule has 8 heterocycles. The van der Waals surface area contributed by atoms with Gasteiger partial charge in [0.05, 0.1) is 55.3 Å². The number of rotatable bonds is 11. The summed E-state index contributed by atoms with van der Waals surface area (Å²) >= 11 is 2.03. The largest absolute Gasteiger partial charge is 0.383 e. The normalized spacial score (nSPS) is 24.8. The first-order valence-corrected chi connectivity index (χ1v) is 28.1. The quantitative estimate of drug-likeness (QED) is 0.199. The minimum atomic E-state index is 0.404. The number of pyridine rings is 2. The Kier molecular flexibility index (Phi) is 27.9. The molecule has 0 aliphatic carbocycles. The number of hydrogen-bond acceptors (Lipinski definition) is 13. The van der Waals surface area contributed by atoms with Crippen LogP contribution in [0.15, 0.2) is 49.1 Å². The van der Waals surface area contributed by atoms with E-state index in [9.17, 15) is 0 Å². The van der Waals surface area contributed by atoms with Crippen LogP contribution in [0.5, 0.6) is 0 Å². The third-order valence-corrected chi connectivity index (χ3v) is 14.5. The molecule has 8 rings (SSSR count). The van der Waals surface area contributed by atoms with Crippen LogP contribution in [0.2, 0.25) is 0 Å². The maximum Gasteiger partial charge on any atom is 0.0940 e. The van der Waals surface area contributed by atoms with Gasteiger partial charge in [-0.2, -0.15) is 11.8 Å². The zero-order valence-corrected chi connectivity index (χ0v) is 47.7. The van der Waals surface area contributed by atoms with Crippen molar-refractivity contribution >= 4 is 23.1 Å². The monoisotopic (exact) mass is 982 g/mol. The predicted molar refractivity (Wildman–Crippen MR) is 297 cm³/mol. The average molecular weight is 983 g/mol. The van der Waals surface area contributed by atoms with E-state index in [0.717, 1.165) is 104 Å². The summed E-state index contributed by atoms with van der Waals surface area (Å²) in [6.45, 7) is 49.9. The van der Waals surface area contributed by atoms with E-state index >= 15 is 0 Å². The molecule has 6 atom stereocenters. The lowest BCUT2D eigenvalue weighted by Crippen LogP contribution is -2.48. The fraction of sp³-hybridized carbons (Fsp3) is 0.786. The SMILES string of the molecule is C=C(NC(C)C)N1C[C@H]2COC[C@H]2C1.CC(C)N1CC2CCC(C1)O2.CC(C)N1C[C@@H](C)O[C@@H](C)C1.CSC1CCN(C(C)C)CC1.Cc1cc(NC(C)C)ccn1.Cc1ccc(NC(C)C)cn1. The van der Waals surface area contributed by atoms with Crippen molar-refractivity contribution < 1.29 is 14.2 Å². The number of hydrogen-bond donors (Lipinski definition) is 3. The van der Waals surface area contributed by atoms with Crippen molar-refractivity contribution in [3.8, 4) is 0 Å².